The minimum atomic E-state index is -0.505. The van der Waals surface area contributed by atoms with Crippen LogP contribution in [-0.2, 0) is 11.8 Å². The number of hydrogen-bond acceptors (Lipinski definition) is 5. The van der Waals surface area contributed by atoms with E-state index >= 15 is 0 Å². The van der Waals surface area contributed by atoms with Crippen molar-refractivity contribution in [3.63, 3.8) is 0 Å². The molecule has 0 saturated heterocycles. The number of imidazole rings is 1. The van der Waals surface area contributed by atoms with Crippen LogP contribution in [0.4, 0.5) is 15.9 Å². The van der Waals surface area contributed by atoms with Crippen molar-refractivity contribution >= 4 is 28.2 Å². The lowest BCUT2D eigenvalue weighted by Gasteiger charge is -2.27. The summed E-state index contributed by atoms with van der Waals surface area (Å²) in [6.07, 6.45) is 11.8. The predicted molar refractivity (Wildman–Crippen MR) is 126 cm³/mol. The molecule has 1 aliphatic carbocycles. The summed E-state index contributed by atoms with van der Waals surface area (Å²) in [5.74, 6) is -0.00909. The van der Waals surface area contributed by atoms with Gasteiger partial charge in [0.05, 0.1) is 17.7 Å². The van der Waals surface area contributed by atoms with E-state index in [1.165, 1.54) is 6.20 Å². The fourth-order valence-corrected chi connectivity index (χ4v) is 4.20. The van der Waals surface area contributed by atoms with Crippen LogP contribution in [0.5, 0.6) is 0 Å². The lowest BCUT2D eigenvalue weighted by molar-refractivity contribution is -0.112. The van der Waals surface area contributed by atoms with Crippen LogP contribution in [0.1, 0.15) is 30.0 Å². The topological polar surface area (TPSA) is 98.7 Å². The molecule has 8 heteroatoms. The molecule has 0 unspecified atom stereocenters. The van der Waals surface area contributed by atoms with Crippen LogP contribution in [-0.4, -0.2) is 25.4 Å². The maximum Gasteiger partial charge on any atom is 0.249 e. The van der Waals surface area contributed by atoms with Crippen LogP contribution >= 0.6 is 0 Å². The van der Waals surface area contributed by atoms with Crippen molar-refractivity contribution in [3.05, 3.63) is 78.0 Å². The van der Waals surface area contributed by atoms with Crippen LogP contribution in [0.2, 0.25) is 0 Å². The molecule has 1 aliphatic rings. The zero-order valence-corrected chi connectivity index (χ0v) is 18.3. The number of pyridine rings is 2. The van der Waals surface area contributed by atoms with E-state index in [2.05, 4.69) is 20.3 Å². The summed E-state index contributed by atoms with van der Waals surface area (Å²) in [7, 11) is 1.94. The molecule has 3 heterocycles. The summed E-state index contributed by atoms with van der Waals surface area (Å²) < 4.78 is 16.9. The predicted octanol–water partition coefficient (Wildman–Crippen LogP) is 4.50. The molecule has 0 radical (unpaired) electrons. The van der Waals surface area contributed by atoms with Crippen LogP contribution in [0.25, 0.3) is 21.9 Å². The number of carbonyl (C=O) groups is 1. The smallest absolute Gasteiger partial charge is 0.249 e. The van der Waals surface area contributed by atoms with E-state index in [1.54, 1.807) is 36.9 Å². The molecule has 1 amide bonds. The molecule has 3 N–H and O–H groups in total. The van der Waals surface area contributed by atoms with E-state index in [4.69, 9.17) is 5.73 Å². The molecule has 0 aliphatic heterocycles. The SMILES string of the molecule is Cc1ccncc1-c1cc2cc(NC(=O)C=C3CC(c4cn(C)cn4)C3)ncc2c(N)c1F. The summed E-state index contributed by atoms with van der Waals surface area (Å²) in [4.78, 5) is 25.3. The number of nitrogens with two attached hydrogens (primary N) is 1. The van der Waals surface area contributed by atoms with Gasteiger partial charge in [-0.05, 0) is 48.9 Å². The molecule has 7 nitrogen and oxygen atoms in total. The number of hydrogen-bond donors (Lipinski definition) is 2. The molecule has 1 fully saturated rings. The Morgan fingerprint density at radius 3 is 2.79 bits per heavy atom. The van der Waals surface area contributed by atoms with Gasteiger partial charge in [0.2, 0.25) is 5.91 Å². The number of nitrogen functional groups attached to an aromatic ring is 1. The number of allylic oxidation sites excluding steroid dienone is 1. The van der Waals surface area contributed by atoms with Gasteiger partial charge in [0.15, 0.2) is 5.82 Å². The number of benzene rings is 1. The number of halogens is 1. The molecule has 1 aromatic carbocycles. The van der Waals surface area contributed by atoms with Crippen LogP contribution in [0, 0.1) is 12.7 Å². The molecular formula is C25H23FN6O. The van der Waals surface area contributed by atoms with Gasteiger partial charge < -0.3 is 15.6 Å². The van der Waals surface area contributed by atoms with Crippen LogP contribution in [0.3, 0.4) is 0 Å². The van der Waals surface area contributed by atoms with Gasteiger partial charge in [0.25, 0.3) is 0 Å². The van der Waals surface area contributed by atoms with Crippen molar-refractivity contribution in [2.75, 3.05) is 11.1 Å². The first kappa shape index (κ1) is 20.8. The van der Waals surface area contributed by atoms with Crippen molar-refractivity contribution < 1.29 is 9.18 Å². The van der Waals surface area contributed by atoms with Crippen LogP contribution in [0.15, 0.2) is 61.0 Å². The number of carbonyl (C=O) groups excluding carboxylic acids is 1. The molecule has 0 atom stereocenters. The average molecular weight is 442 g/mol. The quantitative estimate of drug-likeness (QED) is 0.358. The molecular weight excluding hydrogens is 419 g/mol. The Morgan fingerprint density at radius 2 is 2.06 bits per heavy atom. The van der Waals surface area contributed by atoms with E-state index in [0.29, 0.717) is 33.6 Å². The Hall–Kier alpha value is -4.07. The highest BCUT2D eigenvalue weighted by Crippen LogP contribution is 2.40. The highest BCUT2D eigenvalue weighted by atomic mass is 19.1. The van der Waals surface area contributed by atoms with Crippen LogP contribution < -0.4 is 11.1 Å². The number of nitrogens with zero attached hydrogens (tertiary/aromatic N) is 4. The molecule has 4 aromatic rings. The maximum absolute atomic E-state index is 15.0. The molecule has 166 valence electrons. The zero-order valence-electron chi connectivity index (χ0n) is 18.3. The number of nitrogens with one attached hydrogen (secondary N) is 1. The molecule has 5 rings (SSSR count). The average Bonchev–Trinajstić information content (AvgIpc) is 3.19. The van der Waals surface area contributed by atoms with Crippen molar-refractivity contribution in [1.29, 1.82) is 0 Å². The molecule has 33 heavy (non-hydrogen) atoms. The highest BCUT2D eigenvalue weighted by molar-refractivity contribution is 6.02. The lowest BCUT2D eigenvalue weighted by atomic mass is 9.78. The second kappa shape index (κ2) is 8.12. The van der Waals surface area contributed by atoms with Gasteiger partial charge in [0, 0.05) is 60.3 Å². The van der Waals surface area contributed by atoms with E-state index < -0.39 is 5.82 Å². The normalized spacial score (nSPS) is 15.4. The standard InChI is InChI=1S/C25H23FN6O/c1-14-3-4-28-10-19(14)18-8-16-9-22(29-11-20(16)25(27)24(18)26)31-23(33)7-15-5-17(6-15)21-12-32(2)13-30-21/h3-4,7-13,17H,5-6,27H2,1-2H3,(H,29,31,33). The minimum Gasteiger partial charge on any atom is -0.396 e. The number of aryl methyl sites for hydroxylation is 2. The number of rotatable bonds is 4. The van der Waals surface area contributed by atoms with Crippen molar-refractivity contribution in [3.8, 4) is 11.1 Å². The number of fused-ring (bicyclic) bond motifs is 1. The van der Waals surface area contributed by atoms with Gasteiger partial charge in [-0.15, -0.1) is 0 Å². The summed E-state index contributed by atoms with van der Waals surface area (Å²) in [6, 6.07) is 5.23. The van der Waals surface area contributed by atoms with Gasteiger partial charge in [-0.3, -0.25) is 9.78 Å². The van der Waals surface area contributed by atoms with E-state index in [1.807, 2.05) is 30.8 Å². The van der Waals surface area contributed by atoms with E-state index in [9.17, 15) is 9.18 Å². The van der Waals surface area contributed by atoms with Gasteiger partial charge in [-0.25, -0.2) is 14.4 Å². The van der Waals surface area contributed by atoms with Gasteiger partial charge in [0.1, 0.15) is 5.82 Å². The third-order valence-corrected chi connectivity index (χ3v) is 6.07. The first-order chi connectivity index (χ1) is 15.9. The molecule has 3 aromatic heterocycles. The van der Waals surface area contributed by atoms with Gasteiger partial charge in [-0.1, -0.05) is 5.57 Å². The van der Waals surface area contributed by atoms with Crippen molar-refractivity contribution in [1.82, 2.24) is 19.5 Å². The number of aromatic nitrogens is 4. The van der Waals surface area contributed by atoms with E-state index in [-0.39, 0.29) is 11.6 Å². The van der Waals surface area contributed by atoms with Crippen molar-refractivity contribution in [2.24, 2.45) is 7.05 Å². The van der Waals surface area contributed by atoms with Gasteiger partial charge >= 0.3 is 0 Å². The summed E-state index contributed by atoms with van der Waals surface area (Å²) in [5.41, 5.74) is 10.1. The van der Waals surface area contributed by atoms with E-state index in [0.717, 1.165) is 29.7 Å². The number of amides is 1. The Balaban J connectivity index is 1.36. The highest BCUT2D eigenvalue weighted by Gasteiger charge is 2.27. The minimum absolute atomic E-state index is 0.0216. The monoisotopic (exact) mass is 442 g/mol. The van der Waals surface area contributed by atoms with Gasteiger partial charge in [-0.2, -0.15) is 0 Å². The summed E-state index contributed by atoms with van der Waals surface area (Å²) >= 11 is 0. The molecule has 1 saturated carbocycles. The largest absolute Gasteiger partial charge is 0.396 e. The lowest BCUT2D eigenvalue weighted by Crippen LogP contribution is -2.17. The Labute approximate surface area is 190 Å². The third kappa shape index (κ3) is 3.95. The molecule has 0 spiro atoms. The maximum atomic E-state index is 15.0. The Morgan fingerprint density at radius 1 is 1.24 bits per heavy atom. The number of anilines is 2. The Bertz CT molecular complexity index is 1420. The van der Waals surface area contributed by atoms with Crippen molar-refractivity contribution in [2.45, 2.75) is 25.7 Å². The third-order valence-electron chi connectivity index (χ3n) is 6.07. The first-order valence-corrected chi connectivity index (χ1v) is 10.7. The summed E-state index contributed by atoms with van der Waals surface area (Å²) in [5, 5.41) is 3.98. The fourth-order valence-electron chi connectivity index (χ4n) is 4.20. The second-order valence-corrected chi connectivity index (χ2v) is 8.49. The second-order valence-electron chi connectivity index (χ2n) is 8.49. The Kier molecular flexibility index (Phi) is 5.12. The zero-order chi connectivity index (χ0) is 23.1. The summed E-state index contributed by atoms with van der Waals surface area (Å²) in [6.45, 7) is 1.89. The fraction of sp³-hybridized carbons (Fsp3) is 0.200. The first-order valence-electron chi connectivity index (χ1n) is 10.7. The molecule has 0 bridgehead atoms.